The third-order valence-corrected chi connectivity index (χ3v) is 2.72. The van der Waals surface area contributed by atoms with E-state index in [-0.39, 0.29) is 5.75 Å². The van der Waals surface area contributed by atoms with Crippen molar-refractivity contribution >= 4 is 5.97 Å². The Morgan fingerprint density at radius 1 is 1.44 bits per heavy atom. The molecule has 0 saturated carbocycles. The minimum absolute atomic E-state index is 0.0113. The van der Waals surface area contributed by atoms with E-state index in [1.807, 2.05) is 13.1 Å². The normalized spacial score (nSPS) is 13.1. The maximum Gasteiger partial charge on any atom is 0.342 e. The molecular weight excluding hydrogens is 230 g/mol. The van der Waals surface area contributed by atoms with E-state index in [1.54, 1.807) is 6.07 Å². The molecule has 18 heavy (non-hydrogen) atoms. The highest BCUT2D eigenvalue weighted by atomic mass is 16.5. The zero-order chi connectivity index (χ0) is 13.4. The van der Waals surface area contributed by atoms with Gasteiger partial charge in [0.2, 0.25) is 0 Å². The number of esters is 1. The van der Waals surface area contributed by atoms with Crippen molar-refractivity contribution in [1.29, 1.82) is 0 Å². The quantitative estimate of drug-likeness (QED) is 0.638. The van der Waals surface area contributed by atoms with Crippen LogP contribution >= 0.6 is 0 Å². The van der Waals surface area contributed by atoms with E-state index in [1.165, 1.54) is 18.9 Å². The molecule has 1 aromatic carbocycles. The molecule has 1 aromatic rings. The van der Waals surface area contributed by atoms with Gasteiger partial charge in [0.15, 0.2) is 0 Å². The Kier molecular flexibility index (Phi) is 6.22. The minimum Gasteiger partial charge on any atom is -0.507 e. The number of carbonyl (C=O) groups is 1. The van der Waals surface area contributed by atoms with E-state index in [0.29, 0.717) is 18.6 Å². The van der Waals surface area contributed by atoms with Gasteiger partial charge < -0.3 is 15.2 Å². The molecule has 0 amide bonds. The van der Waals surface area contributed by atoms with Crippen molar-refractivity contribution in [2.45, 2.75) is 26.2 Å². The van der Waals surface area contributed by atoms with Crippen LogP contribution in [0.25, 0.3) is 0 Å². The molecule has 0 unspecified atom stereocenters. The summed E-state index contributed by atoms with van der Waals surface area (Å²) in [7, 11) is 1.98. The lowest BCUT2D eigenvalue weighted by atomic mass is 10.0. The Labute approximate surface area is 108 Å². The molecule has 0 atom stereocenters. The fourth-order valence-corrected chi connectivity index (χ4v) is 1.71. The molecule has 0 saturated heterocycles. The van der Waals surface area contributed by atoms with Crippen LogP contribution in [0.2, 0.25) is 0 Å². The van der Waals surface area contributed by atoms with Crippen LogP contribution in [-0.2, 0) is 11.2 Å². The van der Waals surface area contributed by atoms with Crippen molar-refractivity contribution in [3.63, 3.8) is 0 Å². The lowest BCUT2D eigenvalue weighted by Gasteiger charge is -2.15. The number of benzene rings is 1. The van der Waals surface area contributed by atoms with Gasteiger partial charge in [-0.15, -0.1) is 0 Å². The predicted octanol–water partition coefficient (Wildman–Crippen LogP) is 2.11. The van der Waals surface area contributed by atoms with Crippen molar-refractivity contribution in [1.82, 2.24) is 5.32 Å². The summed E-state index contributed by atoms with van der Waals surface area (Å²) in [5.41, 5.74) is 1.19. The number of hydrogen-bond acceptors (Lipinski definition) is 4. The second kappa shape index (κ2) is 7.71. The Bertz CT molecular complexity index is 387. The van der Waals surface area contributed by atoms with Crippen molar-refractivity contribution < 1.29 is 14.6 Å². The first-order valence-corrected chi connectivity index (χ1v) is 6.33. The topological polar surface area (TPSA) is 58.6 Å². The Morgan fingerprint density at radius 3 is 2.78 bits per heavy atom. The SMILES string of the molecule is CCCCNC.O=C1OCCc2cccc(O)c21. The van der Waals surface area contributed by atoms with Gasteiger partial charge in [0.05, 0.1) is 6.61 Å². The van der Waals surface area contributed by atoms with Gasteiger partial charge in [0.1, 0.15) is 11.3 Å². The zero-order valence-corrected chi connectivity index (χ0v) is 11.0. The fraction of sp³-hybridized carbons (Fsp3) is 0.500. The summed E-state index contributed by atoms with van der Waals surface area (Å²) in [5.74, 6) is -0.411. The van der Waals surface area contributed by atoms with E-state index in [9.17, 15) is 9.90 Å². The average Bonchev–Trinajstić information content (AvgIpc) is 2.37. The van der Waals surface area contributed by atoms with Gasteiger partial charge in [-0.3, -0.25) is 0 Å². The molecule has 1 aliphatic heterocycles. The number of cyclic esters (lactones) is 1. The van der Waals surface area contributed by atoms with Gasteiger partial charge in [-0.25, -0.2) is 4.79 Å². The number of phenols is 1. The number of aromatic hydroxyl groups is 1. The molecule has 1 aliphatic rings. The maximum absolute atomic E-state index is 11.1. The van der Waals surface area contributed by atoms with Crippen LogP contribution < -0.4 is 5.32 Å². The Morgan fingerprint density at radius 2 is 2.22 bits per heavy atom. The molecular formula is C14H21NO3. The summed E-state index contributed by atoms with van der Waals surface area (Å²) >= 11 is 0. The van der Waals surface area contributed by atoms with Crippen LogP contribution in [-0.4, -0.2) is 31.3 Å². The van der Waals surface area contributed by atoms with Crippen molar-refractivity contribution in [3.05, 3.63) is 29.3 Å². The number of phenolic OH excluding ortho intramolecular Hbond substituents is 1. The number of carbonyl (C=O) groups excluding carboxylic acids is 1. The highest BCUT2D eigenvalue weighted by Crippen LogP contribution is 2.25. The first-order valence-electron chi connectivity index (χ1n) is 6.33. The minimum atomic E-state index is -0.422. The number of rotatable bonds is 3. The lowest BCUT2D eigenvalue weighted by Crippen LogP contribution is -2.17. The van der Waals surface area contributed by atoms with Crippen LogP contribution in [0.15, 0.2) is 18.2 Å². The third kappa shape index (κ3) is 4.04. The van der Waals surface area contributed by atoms with E-state index in [4.69, 9.17) is 4.74 Å². The molecule has 0 aliphatic carbocycles. The van der Waals surface area contributed by atoms with Gasteiger partial charge in [-0.2, -0.15) is 0 Å². The van der Waals surface area contributed by atoms with Crippen molar-refractivity contribution in [2.24, 2.45) is 0 Å². The van der Waals surface area contributed by atoms with Crippen LogP contribution in [0.1, 0.15) is 35.7 Å². The summed E-state index contributed by atoms with van der Waals surface area (Å²) in [6.07, 6.45) is 3.28. The number of fused-ring (bicyclic) bond motifs is 1. The third-order valence-electron chi connectivity index (χ3n) is 2.72. The van der Waals surface area contributed by atoms with Gasteiger partial charge in [-0.1, -0.05) is 25.5 Å². The number of hydrogen-bond donors (Lipinski definition) is 2. The Hall–Kier alpha value is -1.55. The van der Waals surface area contributed by atoms with Crippen molar-refractivity contribution in [3.8, 4) is 5.75 Å². The van der Waals surface area contributed by atoms with Crippen LogP contribution in [0, 0.1) is 0 Å². The lowest BCUT2D eigenvalue weighted by molar-refractivity contribution is 0.0476. The first-order chi connectivity index (χ1) is 8.70. The molecule has 4 nitrogen and oxygen atoms in total. The second-order valence-electron chi connectivity index (χ2n) is 4.15. The molecule has 1 heterocycles. The predicted molar refractivity (Wildman–Crippen MR) is 70.9 cm³/mol. The highest BCUT2D eigenvalue weighted by Gasteiger charge is 2.21. The van der Waals surface area contributed by atoms with Crippen LogP contribution in [0.5, 0.6) is 5.75 Å². The van der Waals surface area contributed by atoms with Gasteiger partial charge in [0, 0.05) is 6.42 Å². The maximum atomic E-state index is 11.1. The van der Waals surface area contributed by atoms with Crippen LogP contribution in [0.4, 0.5) is 0 Å². The molecule has 0 spiro atoms. The fourth-order valence-electron chi connectivity index (χ4n) is 1.71. The molecule has 0 fully saturated rings. The monoisotopic (exact) mass is 251 g/mol. The number of unbranched alkanes of at least 4 members (excludes halogenated alkanes) is 1. The van der Waals surface area contributed by atoms with Gasteiger partial charge >= 0.3 is 5.97 Å². The smallest absolute Gasteiger partial charge is 0.342 e. The molecule has 0 aromatic heterocycles. The van der Waals surface area contributed by atoms with Gasteiger partial charge in [0.25, 0.3) is 0 Å². The molecule has 0 radical (unpaired) electrons. The number of ether oxygens (including phenoxy) is 1. The second-order valence-corrected chi connectivity index (χ2v) is 4.15. The molecule has 0 bridgehead atoms. The summed E-state index contributed by atoms with van der Waals surface area (Å²) in [6, 6.07) is 5.05. The largest absolute Gasteiger partial charge is 0.507 e. The molecule has 4 heteroatoms. The zero-order valence-electron chi connectivity index (χ0n) is 11.0. The molecule has 2 N–H and O–H groups in total. The van der Waals surface area contributed by atoms with Crippen molar-refractivity contribution in [2.75, 3.05) is 20.2 Å². The van der Waals surface area contributed by atoms with E-state index in [2.05, 4.69) is 12.2 Å². The van der Waals surface area contributed by atoms with E-state index in [0.717, 1.165) is 12.1 Å². The van der Waals surface area contributed by atoms with Crippen LogP contribution in [0.3, 0.4) is 0 Å². The molecule has 100 valence electrons. The number of nitrogens with one attached hydrogen (secondary N) is 1. The summed E-state index contributed by atoms with van der Waals surface area (Å²) < 4.78 is 4.79. The van der Waals surface area contributed by atoms with Gasteiger partial charge in [-0.05, 0) is 31.6 Å². The summed E-state index contributed by atoms with van der Waals surface area (Å²) in [4.78, 5) is 11.1. The van der Waals surface area contributed by atoms with E-state index >= 15 is 0 Å². The summed E-state index contributed by atoms with van der Waals surface area (Å²) in [5, 5.41) is 12.4. The van der Waals surface area contributed by atoms with E-state index < -0.39 is 5.97 Å². The molecule has 2 rings (SSSR count). The average molecular weight is 251 g/mol. The highest BCUT2D eigenvalue weighted by molar-refractivity contribution is 5.94. The standard InChI is InChI=1S/C9H8O3.C5H13N/c10-7-3-1-2-6-4-5-12-9(11)8(6)7;1-3-4-5-6-2/h1-3,10H,4-5H2;6H,3-5H2,1-2H3. The summed E-state index contributed by atoms with van der Waals surface area (Å²) in [6.45, 7) is 3.77. The Balaban J connectivity index is 0.000000232. The first kappa shape index (κ1) is 14.5.